The molecule has 4 rings (SSSR count). The Labute approximate surface area is 173 Å². The Morgan fingerprint density at radius 1 is 1.13 bits per heavy atom. The van der Waals surface area contributed by atoms with E-state index >= 15 is 0 Å². The summed E-state index contributed by atoms with van der Waals surface area (Å²) in [5.74, 6) is 0.288. The van der Waals surface area contributed by atoms with Crippen LogP contribution in [0.4, 0.5) is 5.69 Å². The van der Waals surface area contributed by atoms with Crippen molar-refractivity contribution < 1.29 is 28.6 Å². The summed E-state index contributed by atoms with van der Waals surface area (Å²) in [4.78, 5) is 37.9. The van der Waals surface area contributed by atoms with Crippen molar-refractivity contribution in [3.05, 3.63) is 54.1 Å². The summed E-state index contributed by atoms with van der Waals surface area (Å²) in [5, 5.41) is 2.68. The highest BCUT2D eigenvalue weighted by Gasteiger charge is 2.23. The minimum atomic E-state index is -0.621. The van der Waals surface area contributed by atoms with Crippen molar-refractivity contribution in [1.29, 1.82) is 0 Å². The molecule has 2 heterocycles. The monoisotopic (exact) mass is 410 g/mol. The van der Waals surface area contributed by atoms with Crippen LogP contribution in [0.3, 0.4) is 0 Å². The van der Waals surface area contributed by atoms with Crippen molar-refractivity contribution in [1.82, 2.24) is 5.32 Å². The number of anilines is 1. The van der Waals surface area contributed by atoms with Crippen molar-refractivity contribution in [2.75, 3.05) is 31.2 Å². The van der Waals surface area contributed by atoms with Gasteiger partial charge in [0.1, 0.15) is 12.7 Å². The summed E-state index contributed by atoms with van der Waals surface area (Å²) in [5.41, 5.74) is 0.951. The summed E-state index contributed by atoms with van der Waals surface area (Å²) in [7, 11) is 0. The highest BCUT2D eigenvalue weighted by molar-refractivity contribution is 5.97. The van der Waals surface area contributed by atoms with Gasteiger partial charge in [-0.15, -0.1) is 0 Å². The number of hydrogen-bond acceptors (Lipinski definition) is 6. The fourth-order valence-corrected chi connectivity index (χ4v) is 3.38. The number of benzene rings is 2. The Balaban J connectivity index is 1.24. The quantitative estimate of drug-likeness (QED) is 0.732. The molecule has 2 aliphatic rings. The highest BCUT2D eigenvalue weighted by atomic mass is 16.6. The third kappa shape index (κ3) is 4.53. The average molecular weight is 410 g/mol. The number of rotatable bonds is 6. The number of fused-ring (bicyclic) bond motifs is 1. The Morgan fingerprint density at radius 3 is 2.77 bits per heavy atom. The molecule has 2 aliphatic heterocycles. The van der Waals surface area contributed by atoms with Gasteiger partial charge in [-0.25, -0.2) is 4.79 Å². The third-order valence-electron chi connectivity index (χ3n) is 4.90. The van der Waals surface area contributed by atoms with Gasteiger partial charge in [-0.1, -0.05) is 18.2 Å². The zero-order valence-corrected chi connectivity index (χ0v) is 16.3. The highest BCUT2D eigenvalue weighted by Crippen LogP contribution is 2.30. The van der Waals surface area contributed by atoms with Crippen LogP contribution in [0.25, 0.3) is 0 Å². The molecule has 2 aromatic rings. The van der Waals surface area contributed by atoms with Crippen molar-refractivity contribution in [2.24, 2.45) is 0 Å². The fourth-order valence-electron chi connectivity index (χ4n) is 3.38. The van der Waals surface area contributed by atoms with Gasteiger partial charge >= 0.3 is 5.97 Å². The lowest BCUT2D eigenvalue weighted by molar-refractivity contribution is -0.124. The van der Waals surface area contributed by atoms with E-state index in [4.69, 9.17) is 14.2 Å². The second-order valence-corrected chi connectivity index (χ2v) is 7.08. The van der Waals surface area contributed by atoms with Gasteiger partial charge in [0.15, 0.2) is 18.1 Å². The number of hydrogen-bond donors (Lipinski definition) is 1. The van der Waals surface area contributed by atoms with Crippen LogP contribution in [0.15, 0.2) is 48.5 Å². The normalized spacial score (nSPS) is 17.5. The standard InChI is InChI=1S/C22H22N2O6/c25-20(23-12-17-13-28-18-7-1-2-8-19(18)30-17)14-29-22(27)15-5-3-6-16(11-15)24-10-4-9-21(24)26/h1-3,5-8,11,17H,4,9-10,12-14H2,(H,23,25). The van der Waals surface area contributed by atoms with Crippen molar-refractivity contribution in [3.63, 3.8) is 0 Å². The predicted molar refractivity (Wildman–Crippen MR) is 108 cm³/mol. The van der Waals surface area contributed by atoms with Crippen LogP contribution in [0.2, 0.25) is 0 Å². The van der Waals surface area contributed by atoms with E-state index in [-0.39, 0.29) is 18.6 Å². The number of esters is 1. The number of carbonyl (C=O) groups is 3. The van der Waals surface area contributed by atoms with E-state index in [1.54, 1.807) is 35.2 Å². The van der Waals surface area contributed by atoms with E-state index in [1.807, 2.05) is 18.2 Å². The summed E-state index contributed by atoms with van der Waals surface area (Å²) in [6, 6.07) is 14.0. The zero-order chi connectivity index (χ0) is 20.9. The van der Waals surface area contributed by atoms with Crippen LogP contribution < -0.4 is 19.7 Å². The minimum Gasteiger partial charge on any atom is -0.486 e. The topological polar surface area (TPSA) is 94.2 Å². The largest absolute Gasteiger partial charge is 0.486 e. The van der Waals surface area contributed by atoms with Crippen LogP contribution in [0, 0.1) is 0 Å². The smallest absolute Gasteiger partial charge is 0.338 e. The van der Waals surface area contributed by atoms with Crippen LogP contribution in [0.5, 0.6) is 11.5 Å². The van der Waals surface area contributed by atoms with Gasteiger partial charge in [0.2, 0.25) is 5.91 Å². The Morgan fingerprint density at radius 2 is 1.97 bits per heavy atom. The number of nitrogens with zero attached hydrogens (tertiary/aromatic N) is 1. The number of ether oxygens (including phenoxy) is 3. The minimum absolute atomic E-state index is 0.0384. The first-order valence-corrected chi connectivity index (χ1v) is 9.83. The molecule has 0 aliphatic carbocycles. The maximum Gasteiger partial charge on any atom is 0.338 e. The summed E-state index contributed by atoms with van der Waals surface area (Å²) in [6.07, 6.45) is 0.986. The first kappa shape index (κ1) is 19.8. The molecule has 1 atom stereocenters. The lowest BCUT2D eigenvalue weighted by Crippen LogP contribution is -2.42. The molecule has 1 unspecified atom stereocenters. The molecule has 1 saturated heterocycles. The lowest BCUT2D eigenvalue weighted by Gasteiger charge is -2.26. The number of amides is 2. The Hall–Kier alpha value is -3.55. The zero-order valence-electron chi connectivity index (χ0n) is 16.3. The molecule has 0 saturated carbocycles. The van der Waals surface area contributed by atoms with E-state index in [9.17, 15) is 14.4 Å². The molecule has 8 nitrogen and oxygen atoms in total. The predicted octanol–water partition coefficient (Wildman–Crippen LogP) is 1.93. The maximum absolute atomic E-state index is 12.3. The molecule has 2 amide bonds. The second kappa shape index (κ2) is 8.86. The molecule has 8 heteroatoms. The molecule has 0 spiro atoms. The fraction of sp³-hybridized carbons (Fsp3) is 0.318. The van der Waals surface area contributed by atoms with Gasteiger partial charge in [0.25, 0.3) is 5.91 Å². The van der Waals surface area contributed by atoms with Crippen LogP contribution in [-0.2, 0) is 14.3 Å². The Bertz CT molecular complexity index is 960. The third-order valence-corrected chi connectivity index (χ3v) is 4.90. The van der Waals surface area contributed by atoms with Gasteiger partial charge in [-0.05, 0) is 36.8 Å². The lowest BCUT2D eigenvalue weighted by atomic mass is 10.2. The van der Waals surface area contributed by atoms with Gasteiger partial charge in [0.05, 0.1) is 12.1 Å². The maximum atomic E-state index is 12.3. The SMILES string of the molecule is O=C(COC(=O)c1cccc(N2CCCC2=O)c1)NCC1COc2ccccc2O1. The molecule has 1 N–H and O–H groups in total. The summed E-state index contributed by atoms with van der Waals surface area (Å²) in [6.45, 7) is 0.781. The van der Waals surface area contributed by atoms with Gasteiger partial charge in [0, 0.05) is 18.7 Å². The molecule has 156 valence electrons. The average Bonchev–Trinajstić information content (AvgIpc) is 3.21. The molecule has 0 bridgehead atoms. The molecule has 2 aromatic carbocycles. The first-order valence-electron chi connectivity index (χ1n) is 9.83. The summed E-state index contributed by atoms with van der Waals surface area (Å²) < 4.78 is 16.5. The first-order chi connectivity index (χ1) is 14.6. The number of nitrogens with one attached hydrogen (secondary N) is 1. The van der Waals surface area contributed by atoms with E-state index in [2.05, 4.69) is 5.32 Å². The van der Waals surface area contributed by atoms with Crippen LogP contribution in [0.1, 0.15) is 23.2 Å². The van der Waals surface area contributed by atoms with E-state index in [1.165, 1.54) is 0 Å². The van der Waals surface area contributed by atoms with Gasteiger partial charge in [-0.2, -0.15) is 0 Å². The Kier molecular flexibility index (Phi) is 5.83. The molecular formula is C22H22N2O6. The molecule has 1 fully saturated rings. The van der Waals surface area contributed by atoms with Gasteiger partial charge in [-0.3, -0.25) is 9.59 Å². The van der Waals surface area contributed by atoms with E-state index < -0.39 is 18.5 Å². The molecule has 0 aromatic heterocycles. The molecule has 0 radical (unpaired) electrons. The number of para-hydroxylation sites is 2. The van der Waals surface area contributed by atoms with E-state index in [0.29, 0.717) is 42.3 Å². The number of carbonyl (C=O) groups excluding carboxylic acids is 3. The summed E-state index contributed by atoms with van der Waals surface area (Å²) >= 11 is 0. The van der Waals surface area contributed by atoms with Crippen molar-refractivity contribution >= 4 is 23.5 Å². The van der Waals surface area contributed by atoms with Crippen molar-refractivity contribution in [3.8, 4) is 11.5 Å². The van der Waals surface area contributed by atoms with Crippen LogP contribution >= 0.6 is 0 Å². The van der Waals surface area contributed by atoms with Crippen LogP contribution in [-0.4, -0.2) is 50.2 Å². The molecule has 30 heavy (non-hydrogen) atoms. The van der Waals surface area contributed by atoms with Gasteiger partial charge < -0.3 is 24.4 Å². The second-order valence-electron chi connectivity index (χ2n) is 7.08. The van der Waals surface area contributed by atoms with E-state index in [0.717, 1.165) is 6.42 Å². The van der Waals surface area contributed by atoms with Crippen molar-refractivity contribution in [2.45, 2.75) is 18.9 Å². The molecular weight excluding hydrogens is 388 g/mol.